The Balaban J connectivity index is 1.11. The van der Waals surface area contributed by atoms with Crippen LogP contribution in [0.2, 0.25) is 0 Å². The van der Waals surface area contributed by atoms with Crippen LogP contribution in [0.3, 0.4) is 0 Å². The maximum atomic E-state index is 13.9. The Morgan fingerprint density at radius 3 is 1.72 bits per heavy atom. The molecule has 1 fully saturated rings. The number of carbonyl (C=O) groups is 6. The molecule has 0 radical (unpaired) electrons. The number of ether oxygens (including phenoxy) is 10. The van der Waals surface area contributed by atoms with E-state index in [0.717, 1.165) is 5.56 Å². The molecule has 3 N–H and O–H groups in total. The van der Waals surface area contributed by atoms with Crippen LogP contribution < -0.4 is 39.6 Å². The van der Waals surface area contributed by atoms with Gasteiger partial charge in [-0.15, -0.1) is 0 Å². The van der Waals surface area contributed by atoms with Crippen LogP contribution in [0.15, 0.2) is 54.6 Å². The Bertz CT molecular complexity index is 2490. The highest BCUT2D eigenvalue weighted by atomic mass is 16.7. The number of carbonyl (C=O) groups excluding carboxylic acids is 6. The summed E-state index contributed by atoms with van der Waals surface area (Å²) in [4.78, 5) is 82.8. The fraction of sp³-hybridized carbons (Fsp3) is 0.564. The van der Waals surface area contributed by atoms with E-state index in [9.17, 15) is 28.8 Å². The number of urea groups is 1. The number of hydrogen-bond donors (Lipinski definition) is 3. The van der Waals surface area contributed by atoms with Gasteiger partial charge in [0.15, 0.2) is 23.0 Å². The standard InChI is InChI=1S/C55H75N5O16/c1-53(2,3)74-49(63)57-22-18-26-60(51(65)76-55(7,8)9)24-16-15-23-59(50(64)75-54(4,5)6)25-17-21-56-48(62)58-45-37-30-40-39(71-33-72-40)29-36(37)43(44-38(45)32-69-47(44)61)35-27-41(67-10)46(42(28-35)68-11)73-52(66)70-31-34-19-13-12-14-20-34/h12-14,19-20,27-30,38,43-45H,15-18,21-26,31-33H2,1-11H3,(H,57,63)(H2,56,58,62)/t38-,43?,44-,45+/m0/s1. The van der Waals surface area contributed by atoms with Gasteiger partial charge in [0.25, 0.3) is 0 Å². The summed E-state index contributed by atoms with van der Waals surface area (Å²) in [6, 6.07) is 14.8. The second kappa shape index (κ2) is 25.5. The molecule has 0 bridgehead atoms. The van der Waals surface area contributed by atoms with Crippen molar-refractivity contribution in [3.63, 3.8) is 0 Å². The zero-order valence-corrected chi connectivity index (χ0v) is 45.6. The minimum Gasteiger partial charge on any atom is -0.493 e. The SMILES string of the molecule is COc1cc(C2c3cc4c(cc3[C@@H](NC(=O)NCCCN(CCCCN(CCCNC(=O)OC(C)(C)C)C(=O)OC(C)(C)C)C(=O)OC(C)(C)C)[C@H]3COC(=O)[C@H]23)OCO4)cc(OC)c1OC(=O)OCc1ccccc1. The van der Waals surface area contributed by atoms with E-state index in [0.29, 0.717) is 80.1 Å². The molecule has 3 aromatic rings. The molecule has 21 nitrogen and oxygen atoms in total. The van der Waals surface area contributed by atoms with Crippen molar-refractivity contribution in [2.45, 2.75) is 123 Å². The molecule has 1 unspecified atom stereocenters. The van der Waals surface area contributed by atoms with E-state index in [1.54, 1.807) is 96.4 Å². The summed E-state index contributed by atoms with van der Waals surface area (Å²) >= 11 is 0. The van der Waals surface area contributed by atoms with Crippen LogP contribution >= 0.6 is 0 Å². The van der Waals surface area contributed by atoms with E-state index in [1.165, 1.54) is 14.2 Å². The van der Waals surface area contributed by atoms with Gasteiger partial charge in [-0.25, -0.2) is 24.0 Å². The molecule has 3 aliphatic rings. The number of nitrogens with one attached hydrogen (secondary N) is 3. The number of nitrogens with zero attached hydrogens (tertiary/aromatic N) is 2. The third-order valence-electron chi connectivity index (χ3n) is 12.3. The van der Waals surface area contributed by atoms with Crippen LogP contribution in [0.1, 0.15) is 122 Å². The van der Waals surface area contributed by atoms with Gasteiger partial charge in [-0.2, -0.15) is 0 Å². The molecule has 1 saturated heterocycles. The maximum absolute atomic E-state index is 13.9. The Morgan fingerprint density at radius 2 is 1.18 bits per heavy atom. The average molecular weight is 1060 g/mol. The van der Waals surface area contributed by atoms with E-state index >= 15 is 0 Å². The molecule has 4 atom stereocenters. The lowest BCUT2D eigenvalue weighted by molar-refractivity contribution is -0.141. The molecule has 416 valence electrons. The van der Waals surface area contributed by atoms with Crippen molar-refractivity contribution < 1.29 is 76.1 Å². The first kappa shape index (κ1) is 57.9. The molecule has 3 aromatic carbocycles. The number of amides is 5. The summed E-state index contributed by atoms with van der Waals surface area (Å²) in [5.74, 6) is -1.29. The van der Waals surface area contributed by atoms with Gasteiger partial charge in [0, 0.05) is 51.1 Å². The van der Waals surface area contributed by atoms with Gasteiger partial charge < -0.3 is 73.1 Å². The van der Waals surface area contributed by atoms with Crippen LogP contribution in [0.5, 0.6) is 28.7 Å². The summed E-state index contributed by atoms with van der Waals surface area (Å²) in [5, 5.41) is 8.75. The monoisotopic (exact) mass is 1060 g/mol. The number of esters is 1. The van der Waals surface area contributed by atoms with Crippen molar-refractivity contribution in [2.75, 3.05) is 66.9 Å². The fourth-order valence-electron chi connectivity index (χ4n) is 9.04. The van der Waals surface area contributed by atoms with Crippen LogP contribution in [0, 0.1) is 11.8 Å². The van der Waals surface area contributed by atoms with E-state index in [1.807, 2.05) is 30.3 Å². The molecule has 2 aliphatic heterocycles. The molecule has 5 amide bonds. The lowest BCUT2D eigenvalue weighted by Crippen LogP contribution is -2.46. The Hall–Kier alpha value is -7.32. The quantitative estimate of drug-likeness (QED) is 0.0414. The molecule has 0 aromatic heterocycles. The van der Waals surface area contributed by atoms with E-state index in [4.69, 9.17) is 47.4 Å². The number of hydrogen-bond acceptors (Lipinski definition) is 16. The first-order chi connectivity index (χ1) is 35.9. The van der Waals surface area contributed by atoms with Gasteiger partial charge in [0.1, 0.15) is 23.4 Å². The van der Waals surface area contributed by atoms with Crippen LogP contribution in [0.25, 0.3) is 0 Å². The molecule has 6 rings (SSSR count). The topological polar surface area (TPSA) is 237 Å². The van der Waals surface area contributed by atoms with Crippen LogP contribution in [-0.4, -0.2) is 130 Å². The number of rotatable bonds is 20. The van der Waals surface area contributed by atoms with Crippen molar-refractivity contribution in [3.05, 3.63) is 76.9 Å². The van der Waals surface area contributed by atoms with Crippen molar-refractivity contribution in [1.82, 2.24) is 25.8 Å². The molecule has 76 heavy (non-hydrogen) atoms. The van der Waals surface area contributed by atoms with Crippen LogP contribution in [-0.2, 0) is 35.1 Å². The number of benzene rings is 3. The zero-order valence-electron chi connectivity index (χ0n) is 45.6. The van der Waals surface area contributed by atoms with Crippen molar-refractivity contribution in [1.29, 1.82) is 0 Å². The third kappa shape index (κ3) is 16.3. The van der Waals surface area contributed by atoms with E-state index in [2.05, 4.69) is 16.0 Å². The Kier molecular flexibility index (Phi) is 19.4. The molecule has 21 heteroatoms. The number of alkyl carbamates (subject to hydrolysis) is 1. The first-order valence-electron chi connectivity index (χ1n) is 25.6. The highest BCUT2D eigenvalue weighted by Gasteiger charge is 2.53. The molecule has 0 saturated carbocycles. The Labute approximate surface area is 444 Å². The van der Waals surface area contributed by atoms with Gasteiger partial charge in [0.2, 0.25) is 12.5 Å². The fourth-order valence-corrected chi connectivity index (χ4v) is 9.04. The molecular formula is C55H75N5O16. The van der Waals surface area contributed by atoms with Crippen molar-refractivity contribution in [3.8, 4) is 28.7 Å². The number of methoxy groups -OCH3 is 2. The first-order valence-corrected chi connectivity index (χ1v) is 25.6. The largest absolute Gasteiger partial charge is 0.514 e. The minimum absolute atomic E-state index is 0.00718. The molecular weight excluding hydrogens is 987 g/mol. The smallest absolute Gasteiger partial charge is 0.493 e. The normalized spacial score (nSPS) is 17.4. The average Bonchev–Trinajstić information content (AvgIpc) is 3.97. The summed E-state index contributed by atoms with van der Waals surface area (Å²) in [7, 11) is 2.83. The van der Waals surface area contributed by atoms with Crippen LogP contribution in [0.4, 0.5) is 24.0 Å². The van der Waals surface area contributed by atoms with Gasteiger partial charge in [-0.05, 0) is 135 Å². The second-order valence-electron chi connectivity index (χ2n) is 21.7. The number of cyclic esters (lactones) is 1. The third-order valence-corrected chi connectivity index (χ3v) is 12.3. The molecule has 2 heterocycles. The van der Waals surface area contributed by atoms with E-state index < -0.39 is 77.0 Å². The highest BCUT2D eigenvalue weighted by molar-refractivity contribution is 5.81. The van der Waals surface area contributed by atoms with Crippen molar-refractivity contribution >= 4 is 36.4 Å². The minimum atomic E-state index is -0.979. The predicted octanol–water partition coefficient (Wildman–Crippen LogP) is 8.98. The Morgan fingerprint density at radius 1 is 0.658 bits per heavy atom. The van der Waals surface area contributed by atoms with Gasteiger partial charge in [0.05, 0.1) is 32.8 Å². The maximum Gasteiger partial charge on any atom is 0.514 e. The number of unbranched alkanes of at least 4 members (excludes halogenated alkanes) is 1. The van der Waals surface area contributed by atoms with Crippen molar-refractivity contribution in [2.24, 2.45) is 11.8 Å². The summed E-state index contributed by atoms with van der Waals surface area (Å²) < 4.78 is 56.6. The summed E-state index contributed by atoms with van der Waals surface area (Å²) in [6.07, 6.45) is -0.639. The van der Waals surface area contributed by atoms with E-state index in [-0.39, 0.29) is 50.3 Å². The number of fused-ring (bicyclic) bond motifs is 3. The molecule has 1 aliphatic carbocycles. The second-order valence-corrected chi connectivity index (χ2v) is 21.7. The summed E-state index contributed by atoms with van der Waals surface area (Å²) in [5.41, 5.74) is 0.552. The van der Waals surface area contributed by atoms with Gasteiger partial charge >= 0.3 is 36.4 Å². The lowest BCUT2D eigenvalue weighted by Gasteiger charge is -2.39. The summed E-state index contributed by atoms with van der Waals surface area (Å²) in [6.45, 7) is 17.7. The zero-order chi connectivity index (χ0) is 55.4. The predicted molar refractivity (Wildman–Crippen MR) is 277 cm³/mol. The molecule has 0 spiro atoms. The highest BCUT2D eigenvalue weighted by Crippen LogP contribution is 2.55. The van der Waals surface area contributed by atoms with Gasteiger partial charge in [-0.1, -0.05) is 30.3 Å². The van der Waals surface area contributed by atoms with Gasteiger partial charge in [-0.3, -0.25) is 4.79 Å². The lowest BCUT2D eigenvalue weighted by atomic mass is 9.65.